The number of nitrogens with zero attached hydrogens (tertiary/aromatic N) is 2. The summed E-state index contributed by atoms with van der Waals surface area (Å²) in [6.45, 7) is -0.185. The molecule has 228 valence electrons. The van der Waals surface area contributed by atoms with Gasteiger partial charge in [0.1, 0.15) is 12.4 Å². The lowest BCUT2D eigenvalue weighted by Gasteiger charge is -2.43. The number of anilines is 2. The van der Waals surface area contributed by atoms with Crippen molar-refractivity contribution in [3.8, 4) is 0 Å². The van der Waals surface area contributed by atoms with Gasteiger partial charge in [0.25, 0.3) is 0 Å². The van der Waals surface area contributed by atoms with Gasteiger partial charge in [0.2, 0.25) is 17.7 Å². The Morgan fingerprint density at radius 3 is 2.16 bits per heavy atom. The van der Waals surface area contributed by atoms with Gasteiger partial charge in [-0.3, -0.25) is 28.6 Å². The summed E-state index contributed by atoms with van der Waals surface area (Å²) >= 11 is 14.7. The quantitative estimate of drug-likeness (QED) is 0.238. The molecule has 2 bridgehead atoms. The fourth-order valence-electron chi connectivity index (χ4n) is 8.02. The van der Waals surface area contributed by atoms with Gasteiger partial charge in [0, 0.05) is 31.8 Å². The first-order valence-corrected chi connectivity index (χ1v) is 17.0. The number of fused-ring (bicyclic) bond motifs is 9. The van der Waals surface area contributed by atoms with Gasteiger partial charge in [-0.15, -0.1) is 11.8 Å². The Balaban J connectivity index is 1.17. The van der Waals surface area contributed by atoms with Crippen LogP contribution in [0.1, 0.15) is 22.8 Å². The van der Waals surface area contributed by atoms with Crippen molar-refractivity contribution < 1.29 is 18.8 Å². The zero-order chi connectivity index (χ0) is 31.1. The van der Waals surface area contributed by atoms with E-state index in [1.807, 2.05) is 0 Å². The van der Waals surface area contributed by atoms with Gasteiger partial charge >= 0.3 is 4.87 Å². The highest BCUT2D eigenvalue weighted by atomic mass is 35.5. The van der Waals surface area contributed by atoms with Crippen LogP contribution in [-0.4, -0.2) is 27.5 Å². The molecule has 2 aliphatic carbocycles. The van der Waals surface area contributed by atoms with E-state index in [1.54, 1.807) is 72.4 Å². The molecule has 1 aromatic heterocycles. The lowest BCUT2D eigenvalue weighted by molar-refractivity contribution is -0.123. The van der Waals surface area contributed by atoms with Crippen molar-refractivity contribution in [1.82, 2.24) is 4.57 Å². The van der Waals surface area contributed by atoms with Crippen molar-refractivity contribution >= 4 is 75.4 Å². The zero-order valence-electron chi connectivity index (χ0n) is 23.4. The maximum absolute atomic E-state index is 14.1. The maximum Gasteiger partial charge on any atom is 0.308 e. The van der Waals surface area contributed by atoms with Crippen molar-refractivity contribution in [2.45, 2.75) is 29.2 Å². The van der Waals surface area contributed by atoms with Gasteiger partial charge < -0.3 is 5.32 Å². The summed E-state index contributed by atoms with van der Waals surface area (Å²) in [4.78, 5) is 56.3. The first kappa shape index (κ1) is 29.0. The van der Waals surface area contributed by atoms with Crippen molar-refractivity contribution in [3.05, 3.63) is 109 Å². The Morgan fingerprint density at radius 1 is 0.867 bits per heavy atom. The molecular formula is C33H24Cl2FN3O4S2. The Labute approximate surface area is 275 Å². The van der Waals surface area contributed by atoms with E-state index in [0.29, 0.717) is 26.4 Å². The number of imide groups is 1. The second-order valence-corrected chi connectivity index (χ2v) is 15.0. The molecule has 8 rings (SSSR count). The van der Waals surface area contributed by atoms with Crippen molar-refractivity contribution in [1.29, 1.82) is 0 Å². The topological polar surface area (TPSA) is 88.5 Å². The largest absolute Gasteiger partial charge is 0.325 e. The molecule has 7 atom stereocenters. The summed E-state index contributed by atoms with van der Waals surface area (Å²) in [6.07, 6.45) is 0.720. The number of nitrogens with one attached hydrogen (secondary N) is 1. The third kappa shape index (κ3) is 4.60. The lowest BCUT2D eigenvalue weighted by Crippen LogP contribution is -2.43. The second kappa shape index (κ2) is 10.8. The van der Waals surface area contributed by atoms with E-state index in [4.69, 9.17) is 23.2 Å². The molecule has 0 radical (unpaired) electrons. The summed E-state index contributed by atoms with van der Waals surface area (Å²) < 4.78 is 15.6. The zero-order valence-corrected chi connectivity index (χ0v) is 26.5. The molecule has 3 amide bonds. The van der Waals surface area contributed by atoms with Crippen LogP contribution in [0.2, 0.25) is 10.0 Å². The third-order valence-corrected chi connectivity index (χ3v) is 13.0. The van der Waals surface area contributed by atoms with Crippen molar-refractivity contribution in [3.63, 3.8) is 0 Å². The molecule has 7 nitrogen and oxygen atoms in total. The number of carbonyl (C=O) groups is 3. The number of rotatable bonds is 5. The molecule has 2 aliphatic heterocycles. The molecule has 3 fully saturated rings. The molecule has 0 unspecified atom stereocenters. The molecule has 3 aromatic carbocycles. The maximum atomic E-state index is 14.1. The van der Waals surface area contributed by atoms with Crippen LogP contribution in [0, 0.1) is 35.4 Å². The van der Waals surface area contributed by atoms with Gasteiger partial charge in [-0.1, -0.05) is 46.7 Å². The van der Waals surface area contributed by atoms with Crippen LogP contribution in [0.5, 0.6) is 0 Å². The molecule has 45 heavy (non-hydrogen) atoms. The third-order valence-electron chi connectivity index (χ3n) is 9.69. The van der Waals surface area contributed by atoms with E-state index in [-0.39, 0.29) is 63.9 Å². The highest BCUT2D eigenvalue weighted by Gasteiger charge is 2.69. The van der Waals surface area contributed by atoms with E-state index in [0.717, 1.165) is 28.2 Å². The smallest absolute Gasteiger partial charge is 0.308 e. The van der Waals surface area contributed by atoms with Gasteiger partial charge in [-0.25, -0.2) is 4.39 Å². The number of benzene rings is 3. The minimum atomic E-state index is -0.464. The molecule has 1 saturated heterocycles. The molecule has 4 aliphatic rings. The lowest BCUT2D eigenvalue weighted by atomic mass is 9.68. The Hall–Kier alpha value is -3.44. The van der Waals surface area contributed by atoms with Crippen LogP contribution in [0.15, 0.2) is 82.6 Å². The van der Waals surface area contributed by atoms with Crippen LogP contribution in [0.25, 0.3) is 0 Å². The molecule has 0 spiro atoms. The van der Waals surface area contributed by atoms with Gasteiger partial charge in [0.05, 0.1) is 22.5 Å². The van der Waals surface area contributed by atoms with E-state index in [9.17, 15) is 23.6 Å². The molecule has 4 aromatic rings. The fraction of sp³-hybridized carbons (Fsp3) is 0.273. The first-order valence-electron chi connectivity index (χ1n) is 14.5. The highest BCUT2D eigenvalue weighted by Crippen LogP contribution is 2.69. The molecule has 1 N–H and O–H groups in total. The summed E-state index contributed by atoms with van der Waals surface area (Å²) in [6, 6.07) is 19.7. The standard InChI is InChI=1S/C33H24Cl2FN3O4S2/c34-16-3-9-19(10-4-16)37-23(40)14-38-32-29(45-33(38)43)24(15-1-7-18(36)8-2-15)25-21-13-22(28(25)44-32)27-26(21)30(41)39(31(27)42)20-11-5-17(35)6-12-20/h1-12,21-22,24-28H,13-14H2,(H,37,40)/t21-,22+,24+,25+,26+,27+,28+/m0/s1. The van der Waals surface area contributed by atoms with Crippen molar-refractivity contribution in [2.24, 2.45) is 29.6 Å². The van der Waals surface area contributed by atoms with Crippen LogP contribution in [-0.2, 0) is 20.9 Å². The number of aromatic nitrogens is 1. The number of thioether (sulfide) groups is 1. The Bertz CT molecular complexity index is 1930. The monoisotopic (exact) mass is 679 g/mol. The summed E-state index contributed by atoms with van der Waals surface area (Å²) in [7, 11) is 0. The highest BCUT2D eigenvalue weighted by molar-refractivity contribution is 8.00. The van der Waals surface area contributed by atoms with Gasteiger partial charge in [-0.05, 0) is 90.4 Å². The minimum Gasteiger partial charge on any atom is -0.325 e. The van der Waals surface area contributed by atoms with E-state index in [1.165, 1.54) is 21.6 Å². The minimum absolute atomic E-state index is 0.0458. The van der Waals surface area contributed by atoms with Crippen molar-refractivity contribution in [2.75, 3.05) is 10.2 Å². The first-order chi connectivity index (χ1) is 21.7. The van der Waals surface area contributed by atoms with Crippen LogP contribution < -0.4 is 15.1 Å². The van der Waals surface area contributed by atoms with Crippen LogP contribution >= 0.6 is 46.3 Å². The van der Waals surface area contributed by atoms with Crippen LogP contribution in [0.4, 0.5) is 15.8 Å². The Morgan fingerprint density at radius 2 is 1.49 bits per heavy atom. The van der Waals surface area contributed by atoms with Gasteiger partial charge in [0.15, 0.2) is 0 Å². The number of amides is 3. The normalized spacial score (nSPS) is 27.8. The average molecular weight is 681 g/mol. The second-order valence-electron chi connectivity index (χ2n) is 12.0. The number of carbonyl (C=O) groups excluding carboxylic acids is 3. The number of hydrogen-bond acceptors (Lipinski definition) is 6. The fourth-order valence-corrected chi connectivity index (χ4v) is 11.4. The van der Waals surface area contributed by atoms with E-state index >= 15 is 0 Å². The molecular weight excluding hydrogens is 656 g/mol. The number of thiazole rings is 1. The summed E-state index contributed by atoms with van der Waals surface area (Å²) in [5.74, 6) is -2.56. The summed E-state index contributed by atoms with van der Waals surface area (Å²) in [5.41, 5.74) is 1.92. The molecule has 12 heteroatoms. The number of hydrogen-bond donors (Lipinski definition) is 1. The predicted octanol–water partition coefficient (Wildman–Crippen LogP) is 6.67. The van der Waals surface area contributed by atoms with E-state index in [2.05, 4.69) is 5.32 Å². The molecule has 3 heterocycles. The van der Waals surface area contributed by atoms with Gasteiger partial charge in [-0.2, -0.15) is 0 Å². The van der Waals surface area contributed by atoms with Crippen LogP contribution in [0.3, 0.4) is 0 Å². The Kier molecular flexibility index (Phi) is 6.98. The van der Waals surface area contributed by atoms with E-state index < -0.39 is 11.8 Å². The molecule has 2 saturated carbocycles. The SMILES string of the molecule is O=C(Cn1c2c(sc1=O)[C@H](c1ccc(F)cc1)[C@H]1[C@@H]3C[C@@H]([C@H]1S2)[C@H]1C(=O)N(c2ccc(Cl)cc2)C(=O)[C@H]31)Nc1ccc(Cl)cc1. The number of halogens is 3. The average Bonchev–Trinajstić information content (AvgIpc) is 3.74. The summed E-state index contributed by atoms with van der Waals surface area (Å²) in [5, 5.41) is 4.51. The predicted molar refractivity (Wildman–Crippen MR) is 173 cm³/mol.